The number of hydrogen-bond acceptors (Lipinski definition) is 3. The van der Waals surface area contributed by atoms with Crippen LogP contribution in [0.4, 0.5) is 0 Å². The Bertz CT molecular complexity index is 803. The molecular weight excluding hydrogens is 338 g/mol. The highest BCUT2D eigenvalue weighted by molar-refractivity contribution is 6.30. The minimum Gasteiger partial charge on any atom is -0.490 e. The van der Waals surface area contributed by atoms with Gasteiger partial charge in [-0.05, 0) is 60.9 Å². The molecule has 0 spiro atoms. The lowest BCUT2D eigenvalue weighted by atomic mass is 9.92. The lowest BCUT2D eigenvalue weighted by molar-refractivity contribution is 0.0677. The van der Waals surface area contributed by atoms with E-state index >= 15 is 0 Å². The van der Waals surface area contributed by atoms with Crippen LogP contribution < -0.4 is 9.47 Å². The number of hydrogen-bond donors (Lipinski definition) is 0. The van der Waals surface area contributed by atoms with Gasteiger partial charge in [-0.2, -0.15) is 0 Å². The molecule has 0 unspecified atom stereocenters. The number of benzene rings is 2. The van der Waals surface area contributed by atoms with Crippen LogP contribution in [0.15, 0.2) is 36.4 Å². The summed E-state index contributed by atoms with van der Waals surface area (Å²) < 4.78 is 11.6. The number of halogens is 1. The molecular formula is C20H20ClNO3. The summed E-state index contributed by atoms with van der Waals surface area (Å²) in [6.45, 7) is 4.10. The summed E-state index contributed by atoms with van der Waals surface area (Å²) in [6, 6.07) is 11.2. The molecule has 0 saturated heterocycles. The third-order valence-electron chi connectivity index (χ3n) is 4.90. The highest BCUT2D eigenvalue weighted by Crippen LogP contribution is 2.39. The van der Waals surface area contributed by atoms with Gasteiger partial charge >= 0.3 is 0 Å². The smallest absolute Gasteiger partial charge is 0.254 e. The van der Waals surface area contributed by atoms with Gasteiger partial charge in [0.2, 0.25) is 0 Å². The molecule has 0 fully saturated rings. The van der Waals surface area contributed by atoms with E-state index in [1.165, 1.54) is 5.56 Å². The lowest BCUT2D eigenvalue weighted by Gasteiger charge is -2.36. The van der Waals surface area contributed by atoms with Gasteiger partial charge in [0.1, 0.15) is 0 Å². The van der Waals surface area contributed by atoms with Crippen molar-refractivity contribution in [1.82, 2.24) is 4.90 Å². The highest BCUT2D eigenvalue weighted by atomic mass is 35.5. The Balaban J connectivity index is 1.64. The van der Waals surface area contributed by atoms with Gasteiger partial charge in [0.15, 0.2) is 11.5 Å². The first-order valence-corrected chi connectivity index (χ1v) is 9.00. The minimum absolute atomic E-state index is 0.0101. The van der Waals surface area contributed by atoms with Crippen LogP contribution in [0.25, 0.3) is 0 Å². The summed E-state index contributed by atoms with van der Waals surface area (Å²) in [5.41, 5.74) is 3.03. The van der Waals surface area contributed by atoms with E-state index in [1.807, 2.05) is 11.0 Å². The SMILES string of the molecule is C[C@@H]1c2cc3c(cc2CCN1C(=O)c1ccc(Cl)cc1)OCCCO3. The molecule has 4 rings (SSSR count). The number of amides is 1. The van der Waals surface area contributed by atoms with Gasteiger partial charge in [-0.25, -0.2) is 0 Å². The van der Waals surface area contributed by atoms with E-state index in [0.717, 1.165) is 29.9 Å². The summed E-state index contributed by atoms with van der Waals surface area (Å²) in [4.78, 5) is 14.8. The van der Waals surface area contributed by atoms with Gasteiger partial charge < -0.3 is 14.4 Å². The molecule has 2 aliphatic heterocycles. The Kier molecular flexibility index (Phi) is 4.30. The molecule has 2 heterocycles. The van der Waals surface area contributed by atoms with Crippen LogP contribution in [0.2, 0.25) is 5.02 Å². The van der Waals surface area contributed by atoms with E-state index in [-0.39, 0.29) is 11.9 Å². The van der Waals surface area contributed by atoms with Crippen LogP contribution in [-0.4, -0.2) is 30.6 Å². The molecule has 0 saturated carbocycles. The zero-order chi connectivity index (χ0) is 17.4. The molecule has 5 heteroatoms. The molecule has 4 nitrogen and oxygen atoms in total. The predicted molar refractivity (Wildman–Crippen MR) is 96.7 cm³/mol. The standard InChI is InChI=1S/C20H20ClNO3/c1-13-17-12-19-18(24-9-2-10-25-19)11-15(17)7-8-22(13)20(23)14-3-5-16(21)6-4-14/h3-6,11-13H,2,7-10H2,1H3/t13-/m1/s1. The van der Waals surface area contributed by atoms with E-state index in [4.69, 9.17) is 21.1 Å². The van der Waals surface area contributed by atoms with Crippen molar-refractivity contribution in [2.45, 2.75) is 25.8 Å². The average Bonchev–Trinajstić information content (AvgIpc) is 2.85. The molecule has 25 heavy (non-hydrogen) atoms. The van der Waals surface area contributed by atoms with Crippen LogP contribution in [0.1, 0.15) is 40.9 Å². The second kappa shape index (κ2) is 6.60. The lowest BCUT2D eigenvalue weighted by Crippen LogP contribution is -2.38. The number of carbonyl (C=O) groups is 1. The summed E-state index contributed by atoms with van der Waals surface area (Å²) in [5, 5.41) is 0.633. The first-order valence-electron chi connectivity index (χ1n) is 8.62. The fourth-order valence-corrected chi connectivity index (χ4v) is 3.64. The van der Waals surface area contributed by atoms with Crippen molar-refractivity contribution in [2.75, 3.05) is 19.8 Å². The average molecular weight is 358 g/mol. The Hall–Kier alpha value is -2.20. The van der Waals surface area contributed by atoms with Crippen molar-refractivity contribution in [2.24, 2.45) is 0 Å². The highest BCUT2D eigenvalue weighted by Gasteiger charge is 2.30. The number of fused-ring (bicyclic) bond motifs is 2. The summed E-state index contributed by atoms with van der Waals surface area (Å²) in [6.07, 6.45) is 1.70. The van der Waals surface area contributed by atoms with Crippen molar-refractivity contribution < 1.29 is 14.3 Å². The molecule has 2 aliphatic rings. The summed E-state index contributed by atoms with van der Waals surface area (Å²) in [7, 11) is 0. The van der Waals surface area contributed by atoms with Crippen molar-refractivity contribution in [3.05, 3.63) is 58.1 Å². The Morgan fingerprint density at radius 1 is 1.12 bits per heavy atom. The van der Waals surface area contributed by atoms with E-state index in [9.17, 15) is 4.79 Å². The zero-order valence-corrected chi connectivity index (χ0v) is 14.9. The molecule has 0 bridgehead atoms. The van der Waals surface area contributed by atoms with Crippen molar-refractivity contribution in [3.63, 3.8) is 0 Å². The Morgan fingerprint density at radius 3 is 2.52 bits per heavy atom. The van der Waals surface area contributed by atoms with Gasteiger partial charge in [0.05, 0.1) is 19.3 Å². The molecule has 0 N–H and O–H groups in total. The fraction of sp³-hybridized carbons (Fsp3) is 0.350. The van der Waals surface area contributed by atoms with Crippen LogP contribution in [0.5, 0.6) is 11.5 Å². The van der Waals surface area contributed by atoms with Crippen LogP contribution in [-0.2, 0) is 6.42 Å². The van der Waals surface area contributed by atoms with Gasteiger partial charge in [-0.3, -0.25) is 4.79 Å². The van der Waals surface area contributed by atoms with Crippen LogP contribution in [0, 0.1) is 0 Å². The van der Waals surface area contributed by atoms with Crippen molar-refractivity contribution in [3.8, 4) is 11.5 Å². The number of ether oxygens (including phenoxy) is 2. The molecule has 130 valence electrons. The molecule has 0 aliphatic carbocycles. The first kappa shape index (κ1) is 16.3. The minimum atomic E-state index is -0.0101. The van der Waals surface area contributed by atoms with E-state index < -0.39 is 0 Å². The maximum atomic E-state index is 12.9. The second-order valence-electron chi connectivity index (χ2n) is 6.48. The van der Waals surface area contributed by atoms with Gasteiger partial charge in [-0.1, -0.05) is 11.6 Å². The number of carbonyl (C=O) groups excluding carboxylic acids is 1. The van der Waals surface area contributed by atoms with E-state index in [0.29, 0.717) is 30.3 Å². The second-order valence-corrected chi connectivity index (χ2v) is 6.92. The molecule has 0 radical (unpaired) electrons. The molecule has 2 aromatic carbocycles. The van der Waals surface area contributed by atoms with Crippen molar-refractivity contribution in [1.29, 1.82) is 0 Å². The van der Waals surface area contributed by atoms with E-state index in [2.05, 4.69) is 13.0 Å². The molecule has 0 aromatic heterocycles. The maximum Gasteiger partial charge on any atom is 0.254 e. The topological polar surface area (TPSA) is 38.8 Å². The summed E-state index contributed by atoms with van der Waals surface area (Å²) in [5.74, 6) is 1.63. The van der Waals surface area contributed by atoms with Crippen LogP contribution >= 0.6 is 11.6 Å². The van der Waals surface area contributed by atoms with Crippen molar-refractivity contribution >= 4 is 17.5 Å². The predicted octanol–water partition coefficient (Wildman–Crippen LogP) is 4.26. The van der Waals surface area contributed by atoms with Gasteiger partial charge in [0.25, 0.3) is 5.91 Å². The largest absolute Gasteiger partial charge is 0.490 e. The monoisotopic (exact) mass is 357 g/mol. The maximum absolute atomic E-state index is 12.9. The molecule has 1 amide bonds. The number of nitrogens with zero attached hydrogens (tertiary/aromatic N) is 1. The summed E-state index contributed by atoms with van der Waals surface area (Å²) >= 11 is 5.93. The van der Waals surface area contributed by atoms with Gasteiger partial charge in [-0.15, -0.1) is 0 Å². The Morgan fingerprint density at radius 2 is 1.80 bits per heavy atom. The normalized spacial score (nSPS) is 19.1. The number of rotatable bonds is 1. The first-order chi connectivity index (χ1) is 12.1. The van der Waals surface area contributed by atoms with Gasteiger partial charge in [0, 0.05) is 23.6 Å². The third kappa shape index (κ3) is 3.07. The molecule has 1 atom stereocenters. The Labute approximate surface area is 152 Å². The van der Waals surface area contributed by atoms with E-state index in [1.54, 1.807) is 24.3 Å². The zero-order valence-electron chi connectivity index (χ0n) is 14.1. The van der Waals surface area contributed by atoms with Crippen LogP contribution in [0.3, 0.4) is 0 Å². The quantitative estimate of drug-likeness (QED) is 0.765. The fourth-order valence-electron chi connectivity index (χ4n) is 3.51. The molecule has 2 aromatic rings. The third-order valence-corrected chi connectivity index (χ3v) is 5.15.